The molecule has 2 aromatic rings. The third-order valence-corrected chi connectivity index (χ3v) is 4.58. The van der Waals surface area contributed by atoms with Crippen molar-refractivity contribution in [1.29, 1.82) is 0 Å². The van der Waals surface area contributed by atoms with E-state index in [4.69, 9.17) is 8.83 Å². The van der Waals surface area contributed by atoms with E-state index in [1.165, 1.54) is 0 Å². The topological polar surface area (TPSA) is 92.7 Å². The van der Waals surface area contributed by atoms with Gasteiger partial charge in [0.1, 0.15) is 27.9 Å². The summed E-state index contributed by atoms with van der Waals surface area (Å²) in [5.41, 5.74) is 0.283. The van der Waals surface area contributed by atoms with Crippen LogP contribution in [-0.4, -0.2) is 13.5 Å². The molecule has 0 atom stereocenters. The van der Waals surface area contributed by atoms with Crippen molar-refractivity contribution in [3.8, 4) is 0 Å². The highest BCUT2D eigenvalue weighted by atomic mass is 32.2. The molecular formula is C13H17NO5S. The van der Waals surface area contributed by atoms with Crippen molar-refractivity contribution >= 4 is 10.0 Å². The van der Waals surface area contributed by atoms with Crippen LogP contribution in [0.4, 0.5) is 0 Å². The van der Waals surface area contributed by atoms with E-state index in [9.17, 15) is 13.5 Å². The summed E-state index contributed by atoms with van der Waals surface area (Å²) in [5, 5.41) is 9.29. The molecule has 0 bridgehead atoms. The number of sulfonamides is 1. The minimum atomic E-state index is -3.77. The SMILES string of the molecule is Cc1ccc(CNS(=O)(=O)c2c(C)oc(C)c2CO)o1. The Hall–Kier alpha value is -1.57. The van der Waals surface area contributed by atoms with Gasteiger partial charge in [0.2, 0.25) is 10.0 Å². The second-order valence-electron chi connectivity index (χ2n) is 4.52. The Bertz CT molecular complexity index is 711. The molecule has 2 N–H and O–H groups in total. The smallest absolute Gasteiger partial charge is 0.244 e. The van der Waals surface area contributed by atoms with E-state index in [0.29, 0.717) is 17.3 Å². The van der Waals surface area contributed by atoms with Crippen LogP contribution >= 0.6 is 0 Å². The van der Waals surface area contributed by atoms with Crippen LogP contribution < -0.4 is 4.72 Å². The number of aryl methyl sites for hydroxylation is 3. The average molecular weight is 299 g/mol. The van der Waals surface area contributed by atoms with Crippen LogP contribution in [0.2, 0.25) is 0 Å². The van der Waals surface area contributed by atoms with Crippen LogP contribution in [0.3, 0.4) is 0 Å². The van der Waals surface area contributed by atoms with Crippen molar-refractivity contribution in [2.45, 2.75) is 38.8 Å². The predicted octanol–water partition coefficient (Wildman–Crippen LogP) is 1.77. The number of aliphatic hydroxyl groups excluding tert-OH is 1. The van der Waals surface area contributed by atoms with Gasteiger partial charge in [-0.3, -0.25) is 0 Å². The normalized spacial score (nSPS) is 12.0. The van der Waals surface area contributed by atoms with Gasteiger partial charge in [0.15, 0.2) is 0 Å². The van der Waals surface area contributed by atoms with Crippen molar-refractivity contribution in [3.63, 3.8) is 0 Å². The van der Waals surface area contributed by atoms with Crippen LogP contribution in [0.25, 0.3) is 0 Å². The average Bonchev–Trinajstić information content (AvgIpc) is 2.90. The number of hydrogen-bond acceptors (Lipinski definition) is 5. The van der Waals surface area contributed by atoms with Crippen LogP contribution in [-0.2, 0) is 23.2 Å². The number of furan rings is 2. The molecule has 0 saturated heterocycles. The molecule has 0 fully saturated rings. The Morgan fingerprint density at radius 2 is 1.85 bits per heavy atom. The lowest BCUT2D eigenvalue weighted by molar-refractivity contribution is 0.276. The lowest BCUT2D eigenvalue weighted by atomic mass is 10.2. The van der Waals surface area contributed by atoms with Crippen molar-refractivity contribution in [1.82, 2.24) is 4.72 Å². The van der Waals surface area contributed by atoms with Crippen LogP contribution in [0.5, 0.6) is 0 Å². The van der Waals surface area contributed by atoms with E-state index in [-0.39, 0.29) is 29.4 Å². The molecule has 0 aliphatic rings. The summed E-state index contributed by atoms with van der Waals surface area (Å²) in [6.45, 7) is 4.61. The fraction of sp³-hybridized carbons (Fsp3) is 0.385. The van der Waals surface area contributed by atoms with Crippen LogP contribution in [0.1, 0.15) is 28.6 Å². The Kier molecular flexibility index (Phi) is 4.03. The molecule has 110 valence electrons. The van der Waals surface area contributed by atoms with Gasteiger partial charge in [-0.1, -0.05) is 0 Å². The molecule has 0 amide bonds. The maximum absolute atomic E-state index is 12.3. The molecule has 0 radical (unpaired) electrons. The first-order valence-electron chi connectivity index (χ1n) is 6.10. The fourth-order valence-corrected chi connectivity index (χ4v) is 3.49. The fourth-order valence-electron chi connectivity index (χ4n) is 2.06. The summed E-state index contributed by atoms with van der Waals surface area (Å²) in [4.78, 5) is 0.000720. The minimum Gasteiger partial charge on any atom is -0.465 e. The molecular weight excluding hydrogens is 282 g/mol. The Balaban J connectivity index is 2.27. The Morgan fingerprint density at radius 1 is 1.15 bits per heavy atom. The Labute approximate surface area is 117 Å². The van der Waals surface area contributed by atoms with E-state index in [2.05, 4.69) is 4.72 Å². The second kappa shape index (κ2) is 5.43. The first-order valence-corrected chi connectivity index (χ1v) is 7.58. The van der Waals surface area contributed by atoms with Gasteiger partial charge in [-0.25, -0.2) is 13.1 Å². The molecule has 0 aliphatic carbocycles. The maximum atomic E-state index is 12.3. The summed E-state index contributed by atoms with van der Waals surface area (Å²) >= 11 is 0. The molecule has 0 unspecified atom stereocenters. The van der Waals surface area contributed by atoms with E-state index >= 15 is 0 Å². The summed E-state index contributed by atoms with van der Waals surface area (Å²) in [7, 11) is -3.77. The van der Waals surface area contributed by atoms with Gasteiger partial charge in [0, 0.05) is 5.56 Å². The monoisotopic (exact) mass is 299 g/mol. The van der Waals surface area contributed by atoms with Crippen molar-refractivity contribution in [2.75, 3.05) is 0 Å². The van der Waals surface area contributed by atoms with Gasteiger partial charge in [0.05, 0.1) is 13.2 Å². The third kappa shape index (κ3) is 2.79. The van der Waals surface area contributed by atoms with Crippen molar-refractivity contribution in [3.05, 3.63) is 40.7 Å². The lowest BCUT2D eigenvalue weighted by Gasteiger charge is -2.06. The zero-order valence-corrected chi connectivity index (χ0v) is 12.4. The zero-order valence-electron chi connectivity index (χ0n) is 11.6. The van der Waals surface area contributed by atoms with Gasteiger partial charge in [-0.15, -0.1) is 0 Å². The molecule has 0 aromatic carbocycles. The molecule has 2 heterocycles. The van der Waals surface area contributed by atoms with Crippen LogP contribution in [0, 0.1) is 20.8 Å². The first kappa shape index (κ1) is 14.8. The molecule has 2 aromatic heterocycles. The Morgan fingerprint density at radius 3 is 2.40 bits per heavy atom. The highest BCUT2D eigenvalue weighted by Crippen LogP contribution is 2.26. The molecule has 0 aliphatic heterocycles. The van der Waals surface area contributed by atoms with Gasteiger partial charge >= 0.3 is 0 Å². The summed E-state index contributed by atoms with van der Waals surface area (Å²) < 4.78 is 37.6. The van der Waals surface area contributed by atoms with Gasteiger partial charge in [-0.05, 0) is 32.9 Å². The summed E-state index contributed by atoms with van der Waals surface area (Å²) in [6, 6.07) is 3.47. The molecule has 0 saturated carbocycles. The predicted molar refractivity (Wildman–Crippen MR) is 71.6 cm³/mol. The largest absolute Gasteiger partial charge is 0.465 e. The first-order chi connectivity index (χ1) is 9.35. The standard InChI is InChI=1S/C13H17NO5S/c1-8-4-5-11(18-8)6-14-20(16,17)13-10(3)19-9(2)12(13)7-15/h4-5,14-15H,6-7H2,1-3H3. The van der Waals surface area contributed by atoms with Gasteiger partial charge in [0.25, 0.3) is 0 Å². The number of hydrogen-bond donors (Lipinski definition) is 2. The lowest BCUT2D eigenvalue weighted by Crippen LogP contribution is -2.24. The van der Waals surface area contributed by atoms with E-state index < -0.39 is 10.0 Å². The third-order valence-electron chi connectivity index (χ3n) is 2.98. The van der Waals surface area contributed by atoms with Crippen molar-refractivity contribution in [2.24, 2.45) is 0 Å². The molecule has 7 heteroatoms. The van der Waals surface area contributed by atoms with E-state index in [0.717, 1.165) is 0 Å². The zero-order chi connectivity index (χ0) is 14.9. The highest BCUT2D eigenvalue weighted by molar-refractivity contribution is 7.89. The molecule has 0 spiro atoms. The summed E-state index contributed by atoms with van der Waals surface area (Å²) in [6.07, 6.45) is 0. The van der Waals surface area contributed by atoms with Gasteiger partial charge < -0.3 is 13.9 Å². The molecule has 20 heavy (non-hydrogen) atoms. The van der Waals surface area contributed by atoms with E-state index in [1.807, 2.05) is 0 Å². The summed E-state index contributed by atoms with van der Waals surface area (Å²) in [5.74, 6) is 1.90. The highest BCUT2D eigenvalue weighted by Gasteiger charge is 2.26. The van der Waals surface area contributed by atoms with Crippen molar-refractivity contribution < 1.29 is 22.4 Å². The number of aliphatic hydroxyl groups is 1. The number of nitrogens with one attached hydrogen (secondary N) is 1. The quantitative estimate of drug-likeness (QED) is 0.877. The second-order valence-corrected chi connectivity index (χ2v) is 6.22. The maximum Gasteiger partial charge on any atom is 0.244 e. The van der Waals surface area contributed by atoms with Gasteiger partial charge in [-0.2, -0.15) is 0 Å². The molecule has 2 rings (SSSR count). The van der Waals surface area contributed by atoms with Crippen LogP contribution in [0.15, 0.2) is 25.9 Å². The minimum absolute atomic E-state index is 0.000720. The number of rotatable bonds is 5. The van der Waals surface area contributed by atoms with E-state index in [1.54, 1.807) is 32.9 Å². The molecule has 6 nitrogen and oxygen atoms in total.